The number of carboxylic acids is 1. The summed E-state index contributed by atoms with van der Waals surface area (Å²) < 4.78 is 0. The summed E-state index contributed by atoms with van der Waals surface area (Å²) in [6, 6.07) is -1.44. The quantitative estimate of drug-likeness (QED) is 0.519. The molecular weight excluding hydrogens is 268 g/mol. The van der Waals surface area contributed by atoms with E-state index in [4.69, 9.17) is 5.11 Å². The van der Waals surface area contributed by atoms with Crippen molar-refractivity contribution in [2.75, 3.05) is 18.6 Å². The van der Waals surface area contributed by atoms with E-state index >= 15 is 0 Å². The Labute approximate surface area is 115 Å². The van der Waals surface area contributed by atoms with Gasteiger partial charge in [0.05, 0.1) is 6.33 Å². The first kappa shape index (κ1) is 15.4. The molecule has 0 aliphatic heterocycles. The molecule has 0 saturated heterocycles. The van der Waals surface area contributed by atoms with Gasteiger partial charge in [-0.25, -0.2) is 14.6 Å². The summed E-state index contributed by atoms with van der Waals surface area (Å²) in [5, 5.41) is 14.1. The van der Waals surface area contributed by atoms with Gasteiger partial charge in [-0.2, -0.15) is 11.8 Å². The summed E-state index contributed by atoms with van der Waals surface area (Å²) in [4.78, 5) is 29.2. The maximum Gasteiger partial charge on any atom is 0.326 e. The Hall–Kier alpha value is -1.70. The van der Waals surface area contributed by atoms with Gasteiger partial charge in [0.25, 0.3) is 0 Å². The molecule has 1 rings (SSSR count). The average molecular weight is 286 g/mol. The van der Waals surface area contributed by atoms with Crippen LogP contribution in [0.5, 0.6) is 0 Å². The largest absolute Gasteiger partial charge is 0.480 e. The van der Waals surface area contributed by atoms with E-state index < -0.39 is 18.0 Å². The van der Waals surface area contributed by atoms with Crippen LogP contribution < -0.4 is 10.6 Å². The Balaban J connectivity index is 2.36. The van der Waals surface area contributed by atoms with Gasteiger partial charge in [0.15, 0.2) is 0 Å². The van der Waals surface area contributed by atoms with E-state index in [1.807, 2.05) is 6.26 Å². The summed E-state index contributed by atoms with van der Waals surface area (Å²) in [6.45, 7) is 0.531. The molecule has 106 valence electrons. The molecule has 0 bridgehead atoms. The van der Waals surface area contributed by atoms with Crippen molar-refractivity contribution in [3.63, 3.8) is 0 Å². The summed E-state index contributed by atoms with van der Waals surface area (Å²) in [5.41, 5.74) is 0.662. The Morgan fingerprint density at radius 2 is 2.37 bits per heavy atom. The summed E-state index contributed by atoms with van der Waals surface area (Å²) in [7, 11) is 0. The van der Waals surface area contributed by atoms with Crippen LogP contribution in [0.2, 0.25) is 0 Å². The van der Waals surface area contributed by atoms with Gasteiger partial charge in [0, 0.05) is 24.9 Å². The van der Waals surface area contributed by atoms with Crippen molar-refractivity contribution >= 4 is 23.8 Å². The molecule has 7 nitrogen and oxygen atoms in total. The lowest BCUT2D eigenvalue weighted by molar-refractivity contribution is -0.139. The maximum atomic E-state index is 11.5. The molecule has 1 heterocycles. The van der Waals surface area contributed by atoms with E-state index in [1.54, 1.807) is 11.8 Å². The Morgan fingerprint density at radius 3 is 2.95 bits per heavy atom. The molecule has 19 heavy (non-hydrogen) atoms. The molecule has 0 fully saturated rings. The van der Waals surface area contributed by atoms with Crippen LogP contribution in [0.25, 0.3) is 0 Å². The molecule has 0 spiro atoms. The first-order valence-corrected chi connectivity index (χ1v) is 7.26. The van der Waals surface area contributed by atoms with Crippen molar-refractivity contribution in [1.29, 1.82) is 0 Å². The lowest BCUT2D eigenvalue weighted by Crippen LogP contribution is -2.47. The molecule has 1 atom stereocenters. The molecule has 0 radical (unpaired) electrons. The van der Waals surface area contributed by atoms with E-state index in [-0.39, 0.29) is 6.42 Å². The molecule has 2 amide bonds. The second-order valence-corrected chi connectivity index (χ2v) is 4.90. The molecule has 1 aromatic heterocycles. The van der Waals surface area contributed by atoms with Crippen LogP contribution in [-0.4, -0.2) is 51.7 Å². The number of carboxylic acid groups (broad SMARTS) is 1. The number of urea groups is 1. The predicted molar refractivity (Wildman–Crippen MR) is 73.2 cm³/mol. The van der Waals surface area contributed by atoms with Gasteiger partial charge in [0.2, 0.25) is 0 Å². The van der Waals surface area contributed by atoms with Crippen molar-refractivity contribution in [2.45, 2.75) is 18.9 Å². The van der Waals surface area contributed by atoms with Crippen molar-refractivity contribution < 1.29 is 14.7 Å². The van der Waals surface area contributed by atoms with E-state index in [0.29, 0.717) is 12.2 Å². The van der Waals surface area contributed by atoms with Gasteiger partial charge >= 0.3 is 12.0 Å². The van der Waals surface area contributed by atoms with Gasteiger partial charge in [-0.3, -0.25) is 0 Å². The predicted octanol–water partition coefficient (Wildman–Crippen LogP) is 0.458. The minimum absolute atomic E-state index is 0.174. The average Bonchev–Trinajstić information content (AvgIpc) is 2.86. The van der Waals surface area contributed by atoms with Gasteiger partial charge < -0.3 is 20.7 Å². The normalized spacial score (nSPS) is 11.8. The zero-order valence-electron chi connectivity index (χ0n) is 10.7. The lowest BCUT2D eigenvalue weighted by Gasteiger charge is -2.14. The number of carbonyl (C=O) groups excluding carboxylic acids is 1. The van der Waals surface area contributed by atoms with E-state index in [2.05, 4.69) is 20.6 Å². The fourth-order valence-corrected chi connectivity index (χ4v) is 1.88. The summed E-state index contributed by atoms with van der Waals surface area (Å²) in [5.74, 6) is -0.120. The fraction of sp³-hybridized carbons (Fsp3) is 0.545. The molecule has 1 unspecified atom stereocenters. The third kappa shape index (κ3) is 6.14. The van der Waals surface area contributed by atoms with Crippen LogP contribution in [0.3, 0.4) is 0 Å². The van der Waals surface area contributed by atoms with Gasteiger partial charge in [-0.15, -0.1) is 0 Å². The number of hydrogen-bond acceptors (Lipinski definition) is 4. The van der Waals surface area contributed by atoms with Crippen LogP contribution >= 0.6 is 11.8 Å². The van der Waals surface area contributed by atoms with Crippen molar-refractivity contribution in [3.05, 3.63) is 18.2 Å². The molecule has 0 aromatic carbocycles. The number of aliphatic carboxylic acids is 1. The smallest absolute Gasteiger partial charge is 0.326 e. The zero-order chi connectivity index (χ0) is 14.1. The summed E-state index contributed by atoms with van der Waals surface area (Å²) >= 11 is 1.70. The number of carbonyl (C=O) groups is 2. The molecule has 0 saturated carbocycles. The van der Waals surface area contributed by atoms with E-state index in [9.17, 15) is 9.59 Å². The third-order valence-corrected chi connectivity index (χ3v) is 3.09. The minimum Gasteiger partial charge on any atom is -0.480 e. The van der Waals surface area contributed by atoms with Gasteiger partial charge in [-0.05, 0) is 18.4 Å². The highest BCUT2D eigenvalue weighted by molar-refractivity contribution is 7.98. The number of aromatic nitrogens is 2. The van der Waals surface area contributed by atoms with E-state index in [1.165, 1.54) is 12.5 Å². The molecule has 0 aliphatic rings. The number of hydrogen-bond donors (Lipinski definition) is 4. The standard InChI is InChI=1S/C11H18N4O3S/c1-19-4-2-3-13-11(18)15-9(10(16)17)5-8-6-12-7-14-8/h6-7,9H,2-5H2,1H3,(H,12,14)(H,16,17)(H2,13,15,18). The molecular formula is C11H18N4O3S. The number of nitrogens with zero attached hydrogens (tertiary/aromatic N) is 1. The Morgan fingerprint density at radius 1 is 1.58 bits per heavy atom. The second kappa shape index (κ2) is 8.41. The van der Waals surface area contributed by atoms with Crippen molar-refractivity contribution in [2.24, 2.45) is 0 Å². The Kier molecular flexibility index (Phi) is 6.80. The highest BCUT2D eigenvalue weighted by atomic mass is 32.2. The highest BCUT2D eigenvalue weighted by Crippen LogP contribution is 1.99. The fourth-order valence-electron chi connectivity index (χ4n) is 1.44. The molecule has 8 heteroatoms. The number of amides is 2. The van der Waals surface area contributed by atoms with Crippen LogP contribution in [0.15, 0.2) is 12.5 Å². The minimum atomic E-state index is -1.08. The van der Waals surface area contributed by atoms with Gasteiger partial charge in [0.1, 0.15) is 6.04 Å². The zero-order valence-corrected chi connectivity index (χ0v) is 11.5. The highest BCUT2D eigenvalue weighted by Gasteiger charge is 2.20. The lowest BCUT2D eigenvalue weighted by atomic mass is 10.2. The van der Waals surface area contributed by atoms with Crippen molar-refractivity contribution in [3.8, 4) is 0 Å². The van der Waals surface area contributed by atoms with Gasteiger partial charge in [-0.1, -0.05) is 0 Å². The number of H-pyrrole nitrogens is 1. The molecule has 1 aromatic rings. The Bertz CT molecular complexity index is 397. The number of aromatic amines is 1. The second-order valence-electron chi connectivity index (χ2n) is 3.92. The summed E-state index contributed by atoms with van der Waals surface area (Å²) in [6.07, 6.45) is 6.02. The first-order valence-electron chi connectivity index (χ1n) is 5.87. The van der Waals surface area contributed by atoms with Crippen LogP contribution in [-0.2, 0) is 11.2 Å². The monoisotopic (exact) mass is 286 g/mol. The number of thioether (sulfide) groups is 1. The van der Waals surface area contributed by atoms with E-state index in [0.717, 1.165) is 12.2 Å². The topological polar surface area (TPSA) is 107 Å². The molecule has 4 N–H and O–H groups in total. The molecule has 0 aliphatic carbocycles. The number of nitrogens with one attached hydrogen (secondary N) is 3. The number of imidazole rings is 1. The van der Waals surface area contributed by atoms with Crippen LogP contribution in [0, 0.1) is 0 Å². The third-order valence-electron chi connectivity index (χ3n) is 2.39. The van der Waals surface area contributed by atoms with Crippen molar-refractivity contribution in [1.82, 2.24) is 20.6 Å². The van der Waals surface area contributed by atoms with Crippen LogP contribution in [0.1, 0.15) is 12.1 Å². The first-order chi connectivity index (χ1) is 9.13. The van der Waals surface area contributed by atoms with Crippen LogP contribution in [0.4, 0.5) is 4.79 Å². The number of rotatable bonds is 8. The maximum absolute atomic E-state index is 11.5. The SMILES string of the molecule is CSCCCNC(=O)NC(Cc1cnc[nH]1)C(=O)O.